The Bertz CT molecular complexity index is 501. The predicted molar refractivity (Wildman–Crippen MR) is 82.9 cm³/mol. The molecule has 0 amide bonds. The van der Waals surface area contributed by atoms with Gasteiger partial charge < -0.3 is 5.32 Å². The molecule has 2 aromatic heterocycles. The van der Waals surface area contributed by atoms with Crippen LogP contribution in [-0.4, -0.2) is 36.1 Å². The smallest absolute Gasteiger partial charge is 0.110 e. The first-order chi connectivity index (χ1) is 9.38. The van der Waals surface area contributed by atoms with Gasteiger partial charge in [0.25, 0.3) is 0 Å². The largest absolute Gasteiger partial charge is 0.314 e. The number of piperazine rings is 1. The van der Waals surface area contributed by atoms with E-state index in [1.807, 2.05) is 0 Å². The van der Waals surface area contributed by atoms with E-state index in [0.29, 0.717) is 6.04 Å². The molecular formula is C14H19N3S2. The van der Waals surface area contributed by atoms with E-state index in [1.54, 1.807) is 22.7 Å². The number of thiophene rings is 1. The molecule has 0 aromatic carbocycles. The average Bonchev–Trinajstić information content (AvgIpc) is 3.11. The number of aromatic nitrogens is 1. The molecule has 5 heteroatoms. The highest BCUT2D eigenvalue weighted by molar-refractivity contribution is 7.10. The van der Waals surface area contributed by atoms with E-state index in [4.69, 9.17) is 4.98 Å². The van der Waals surface area contributed by atoms with Crippen LogP contribution in [0.5, 0.6) is 0 Å². The van der Waals surface area contributed by atoms with Crippen molar-refractivity contribution in [1.82, 2.24) is 15.2 Å². The summed E-state index contributed by atoms with van der Waals surface area (Å²) in [4.78, 5) is 7.42. The van der Waals surface area contributed by atoms with Crippen LogP contribution in [-0.2, 0) is 0 Å². The Morgan fingerprint density at radius 1 is 1.37 bits per heavy atom. The third kappa shape index (κ3) is 2.89. The van der Waals surface area contributed by atoms with Gasteiger partial charge in [-0.2, -0.15) is 11.3 Å². The SMILES string of the molecule is CCC(c1nc(-c2ccsc2)cs1)N1CCNCC1. The molecule has 2 aromatic rings. The topological polar surface area (TPSA) is 28.2 Å². The molecule has 0 saturated carbocycles. The summed E-state index contributed by atoms with van der Waals surface area (Å²) in [7, 11) is 0. The zero-order valence-corrected chi connectivity index (χ0v) is 12.8. The highest BCUT2D eigenvalue weighted by Gasteiger charge is 2.23. The summed E-state index contributed by atoms with van der Waals surface area (Å²) in [6, 6.07) is 2.63. The molecular weight excluding hydrogens is 274 g/mol. The van der Waals surface area contributed by atoms with E-state index < -0.39 is 0 Å². The van der Waals surface area contributed by atoms with Crippen LogP contribution in [0, 0.1) is 0 Å². The average molecular weight is 293 g/mol. The molecule has 0 bridgehead atoms. The molecule has 0 radical (unpaired) electrons. The van der Waals surface area contributed by atoms with Gasteiger partial charge in [0.05, 0.1) is 11.7 Å². The second-order valence-electron chi connectivity index (χ2n) is 4.79. The molecule has 1 saturated heterocycles. The summed E-state index contributed by atoms with van der Waals surface area (Å²) < 4.78 is 0. The molecule has 1 N–H and O–H groups in total. The molecule has 3 heterocycles. The van der Waals surface area contributed by atoms with E-state index in [0.717, 1.165) is 38.3 Å². The van der Waals surface area contributed by atoms with Gasteiger partial charge in [-0.05, 0) is 17.9 Å². The molecule has 3 nitrogen and oxygen atoms in total. The molecule has 1 fully saturated rings. The zero-order valence-electron chi connectivity index (χ0n) is 11.1. The maximum Gasteiger partial charge on any atom is 0.110 e. The fourth-order valence-electron chi connectivity index (χ4n) is 2.57. The van der Waals surface area contributed by atoms with Gasteiger partial charge in [-0.25, -0.2) is 4.98 Å². The van der Waals surface area contributed by atoms with Gasteiger partial charge in [-0.1, -0.05) is 6.92 Å². The van der Waals surface area contributed by atoms with Gasteiger partial charge in [0.1, 0.15) is 5.01 Å². The van der Waals surface area contributed by atoms with Crippen molar-refractivity contribution in [3.05, 3.63) is 27.2 Å². The van der Waals surface area contributed by atoms with Gasteiger partial charge in [0.15, 0.2) is 0 Å². The van der Waals surface area contributed by atoms with Crippen molar-refractivity contribution in [3.63, 3.8) is 0 Å². The zero-order chi connectivity index (χ0) is 13.1. The first-order valence-corrected chi connectivity index (χ1v) is 8.63. The second-order valence-corrected chi connectivity index (χ2v) is 6.46. The van der Waals surface area contributed by atoms with E-state index in [2.05, 4.69) is 39.3 Å². The van der Waals surface area contributed by atoms with Gasteiger partial charge in [-0.3, -0.25) is 4.90 Å². The van der Waals surface area contributed by atoms with Crippen LogP contribution in [0.25, 0.3) is 11.3 Å². The van der Waals surface area contributed by atoms with Crippen molar-refractivity contribution >= 4 is 22.7 Å². The summed E-state index contributed by atoms with van der Waals surface area (Å²) in [5, 5.41) is 11.2. The number of rotatable bonds is 4. The van der Waals surface area contributed by atoms with Gasteiger partial charge in [-0.15, -0.1) is 11.3 Å². The lowest BCUT2D eigenvalue weighted by atomic mass is 10.1. The normalized spacial score (nSPS) is 18.6. The van der Waals surface area contributed by atoms with Gasteiger partial charge in [0.2, 0.25) is 0 Å². The monoisotopic (exact) mass is 293 g/mol. The minimum absolute atomic E-state index is 0.486. The highest BCUT2D eigenvalue weighted by Crippen LogP contribution is 2.31. The molecule has 1 aliphatic heterocycles. The standard InChI is InChI=1S/C14H19N3S2/c1-2-13(17-6-4-15-5-7-17)14-16-12(10-19-14)11-3-8-18-9-11/h3,8-10,13,15H,2,4-7H2,1H3. The van der Waals surface area contributed by atoms with E-state index >= 15 is 0 Å². The molecule has 1 atom stereocenters. The number of hydrogen-bond acceptors (Lipinski definition) is 5. The van der Waals surface area contributed by atoms with Crippen LogP contribution in [0.4, 0.5) is 0 Å². The molecule has 19 heavy (non-hydrogen) atoms. The predicted octanol–water partition coefficient (Wildman–Crippen LogP) is 3.23. The van der Waals surface area contributed by atoms with Crippen molar-refractivity contribution in [2.24, 2.45) is 0 Å². The van der Waals surface area contributed by atoms with E-state index in [-0.39, 0.29) is 0 Å². The molecule has 1 aliphatic rings. The lowest BCUT2D eigenvalue weighted by molar-refractivity contribution is 0.169. The Morgan fingerprint density at radius 2 is 2.21 bits per heavy atom. The van der Waals surface area contributed by atoms with Crippen molar-refractivity contribution in [2.45, 2.75) is 19.4 Å². The lowest BCUT2D eigenvalue weighted by Crippen LogP contribution is -2.45. The number of hydrogen-bond donors (Lipinski definition) is 1. The molecule has 0 spiro atoms. The highest BCUT2D eigenvalue weighted by atomic mass is 32.1. The minimum atomic E-state index is 0.486. The van der Waals surface area contributed by atoms with Crippen LogP contribution in [0.15, 0.2) is 22.2 Å². The summed E-state index contributed by atoms with van der Waals surface area (Å²) in [5.74, 6) is 0. The van der Waals surface area contributed by atoms with Gasteiger partial charge >= 0.3 is 0 Å². The minimum Gasteiger partial charge on any atom is -0.314 e. The second kappa shape index (κ2) is 6.13. The van der Waals surface area contributed by atoms with Crippen LogP contribution >= 0.6 is 22.7 Å². The number of thiazole rings is 1. The first-order valence-electron chi connectivity index (χ1n) is 6.81. The Labute approximate surface area is 122 Å². The van der Waals surface area contributed by atoms with Gasteiger partial charge in [0, 0.05) is 42.5 Å². The van der Waals surface area contributed by atoms with Crippen LogP contribution in [0.1, 0.15) is 24.4 Å². The first kappa shape index (κ1) is 13.2. The Hall–Kier alpha value is -0.750. The van der Waals surface area contributed by atoms with Crippen LogP contribution in [0.2, 0.25) is 0 Å². The molecule has 0 aliphatic carbocycles. The third-order valence-corrected chi connectivity index (χ3v) is 5.23. The maximum absolute atomic E-state index is 4.86. The Kier molecular flexibility index (Phi) is 4.28. The summed E-state index contributed by atoms with van der Waals surface area (Å²) in [6.45, 7) is 6.72. The Morgan fingerprint density at radius 3 is 2.89 bits per heavy atom. The van der Waals surface area contributed by atoms with Crippen LogP contribution in [0.3, 0.4) is 0 Å². The van der Waals surface area contributed by atoms with E-state index in [1.165, 1.54) is 10.6 Å². The van der Waals surface area contributed by atoms with Crippen molar-refractivity contribution in [3.8, 4) is 11.3 Å². The summed E-state index contributed by atoms with van der Waals surface area (Å²) in [6.07, 6.45) is 1.14. The lowest BCUT2D eigenvalue weighted by Gasteiger charge is -2.33. The number of nitrogens with one attached hydrogen (secondary N) is 1. The fraction of sp³-hybridized carbons (Fsp3) is 0.500. The molecule has 3 rings (SSSR count). The quantitative estimate of drug-likeness (QED) is 0.938. The summed E-state index contributed by atoms with van der Waals surface area (Å²) in [5.41, 5.74) is 2.39. The van der Waals surface area contributed by atoms with E-state index in [9.17, 15) is 0 Å². The maximum atomic E-state index is 4.86. The Balaban J connectivity index is 1.79. The molecule has 102 valence electrons. The molecule has 1 unspecified atom stereocenters. The fourth-order valence-corrected chi connectivity index (χ4v) is 4.26. The van der Waals surface area contributed by atoms with Crippen molar-refractivity contribution in [1.29, 1.82) is 0 Å². The van der Waals surface area contributed by atoms with Crippen molar-refractivity contribution < 1.29 is 0 Å². The summed E-state index contributed by atoms with van der Waals surface area (Å²) >= 11 is 3.54. The third-order valence-electron chi connectivity index (χ3n) is 3.60. The van der Waals surface area contributed by atoms with Crippen LogP contribution < -0.4 is 5.32 Å². The van der Waals surface area contributed by atoms with Crippen molar-refractivity contribution in [2.75, 3.05) is 26.2 Å². The number of nitrogens with zero attached hydrogens (tertiary/aromatic N) is 2.